The highest BCUT2D eigenvalue weighted by Crippen LogP contribution is 2.20. The van der Waals surface area contributed by atoms with Crippen molar-refractivity contribution in [3.8, 4) is 0 Å². The maximum absolute atomic E-state index is 13.3. The second-order valence-electron chi connectivity index (χ2n) is 7.20. The Morgan fingerprint density at radius 1 is 1.04 bits per heavy atom. The number of amides is 1. The van der Waals surface area contributed by atoms with Gasteiger partial charge in [0.15, 0.2) is 0 Å². The molecule has 0 spiro atoms. The predicted octanol–water partition coefficient (Wildman–Crippen LogP) is 4.42. The average Bonchev–Trinajstić information content (AvgIpc) is 2.70. The van der Waals surface area contributed by atoms with Gasteiger partial charge in [0.1, 0.15) is 6.29 Å². The topological polar surface area (TPSA) is 49.4 Å². The van der Waals surface area contributed by atoms with Gasteiger partial charge in [0.25, 0.3) is 5.91 Å². The minimum absolute atomic E-state index is 0.0919. The van der Waals surface area contributed by atoms with E-state index in [-0.39, 0.29) is 5.91 Å². The lowest BCUT2D eigenvalue weighted by atomic mass is 10.0. The highest BCUT2D eigenvalue weighted by molar-refractivity contribution is 6.00. The lowest BCUT2D eigenvalue weighted by molar-refractivity contribution is -0.112. The molecule has 0 radical (unpaired) electrons. The first-order valence-electron chi connectivity index (χ1n) is 9.63. The summed E-state index contributed by atoms with van der Waals surface area (Å²) in [7, 11) is 1.80. The van der Waals surface area contributed by atoms with Crippen LogP contribution < -0.4 is 5.32 Å². The van der Waals surface area contributed by atoms with Crippen LogP contribution in [-0.4, -0.2) is 36.7 Å². The van der Waals surface area contributed by atoms with Gasteiger partial charge in [-0.15, -0.1) is 0 Å². The number of carbonyl (C=O) groups excluding carboxylic acids is 2. The van der Waals surface area contributed by atoms with E-state index in [1.54, 1.807) is 11.9 Å². The molecule has 27 heavy (non-hydrogen) atoms. The van der Waals surface area contributed by atoms with Crippen LogP contribution in [-0.2, 0) is 11.2 Å². The number of aldehydes is 1. The van der Waals surface area contributed by atoms with E-state index in [1.165, 1.54) is 5.56 Å². The monoisotopic (exact) mass is 366 g/mol. The van der Waals surface area contributed by atoms with Crippen molar-refractivity contribution >= 4 is 17.9 Å². The van der Waals surface area contributed by atoms with Crippen LogP contribution in [0.1, 0.15) is 42.6 Å². The lowest BCUT2D eigenvalue weighted by Gasteiger charge is -2.30. The summed E-state index contributed by atoms with van der Waals surface area (Å²) < 4.78 is 0. The Morgan fingerprint density at radius 2 is 1.70 bits per heavy atom. The van der Waals surface area contributed by atoms with Crippen LogP contribution in [0, 0.1) is 5.92 Å². The molecule has 1 unspecified atom stereocenters. The number of rotatable bonds is 10. The Morgan fingerprint density at radius 3 is 2.33 bits per heavy atom. The lowest BCUT2D eigenvalue weighted by Crippen LogP contribution is -2.43. The van der Waals surface area contributed by atoms with Gasteiger partial charge in [-0.2, -0.15) is 0 Å². The zero-order valence-electron chi connectivity index (χ0n) is 16.5. The number of aryl methyl sites for hydroxylation is 1. The van der Waals surface area contributed by atoms with Crippen molar-refractivity contribution in [3.63, 3.8) is 0 Å². The van der Waals surface area contributed by atoms with Crippen molar-refractivity contribution in [2.75, 3.05) is 18.9 Å². The van der Waals surface area contributed by atoms with Crippen LogP contribution in [0.3, 0.4) is 0 Å². The Kier molecular flexibility index (Phi) is 8.05. The van der Waals surface area contributed by atoms with Crippen LogP contribution in [0.15, 0.2) is 54.6 Å². The molecule has 2 aromatic rings. The van der Waals surface area contributed by atoms with Gasteiger partial charge in [-0.25, -0.2) is 0 Å². The summed E-state index contributed by atoms with van der Waals surface area (Å²) in [6, 6.07) is 17.1. The summed E-state index contributed by atoms with van der Waals surface area (Å²) in [5, 5.41) is 3.08. The summed E-state index contributed by atoms with van der Waals surface area (Å²) >= 11 is 0. The van der Waals surface area contributed by atoms with Crippen molar-refractivity contribution in [1.82, 2.24) is 4.90 Å². The molecule has 0 saturated carbocycles. The van der Waals surface area contributed by atoms with E-state index in [0.717, 1.165) is 24.8 Å². The largest absolute Gasteiger partial charge is 0.387 e. The molecule has 0 heterocycles. The molecular weight excluding hydrogens is 336 g/mol. The van der Waals surface area contributed by atoms with Crippen LogP contribution in [0.25, 0.3) is 0 Å². The first-order valence-corrected chi connectivity index (χ1v) is 9.63. The maximum Gasteiger partial charge on any atom is 0.256 e. The van der Waals surface area contributed by atoms with Crippen LogP contribution >= 0.6 is 0 Å². The fourth-order valence-electron chi connectivity index (χ4n) is 3.11. The number of carbonyl (C=O) groups is 2. The molecule has 0 aliphatic rings. The van der Waals surface area contributed by atoms with Gasteiger partial charge in [-0.3, -0.25) is 4.79 Å². The van der Waals surface area contributed by atoms with E-state index in [4.69, 9.17) is 0 Å². The summed E-state index contributed by atoms with van der Waals surface area (Å²) in [4.78, 5) is 26.9. The molecule has 0 saturated heterocycles. The minimum atomic E-state index is -0.429. The third kappa shape index (κ3) is 5.95. The van der Waals surface area contributed by atoms with Crippen molar-refractivity contribution in [1.29, 1.82) is 0 Å². The highest BCUT2D eigenvalue weighted by Gasteiger charge is 2.25. The molecule has 0 aliphatic heterocycles. The zero-order valence-corrected chi connectivity index (χ0v) is 16.5. The number of benzene rings is 2. The fraction of sp³-hybridized carbons (Fsp3) is 0.391. The third-order valence-corrected chi connectivity index (χ3v) is 4.76. The van der Waals surface area contributed by atoms with Gasteiger partial charge in [0, 0.05) is 19.3 Å². The summed E-state index contributed by atoms with van der Waals surface area (Å²) in [6.07, 6.45) is 3.18. The normalized spacial score (nSPS) is 11.9. The zero-order chi connectivity index (χ0) is 19.6. The Balaban J connectivity index is 2.22. The molecule has 1 N–H and O–H groups in total. The molecule has 4 heteroatoms. The van der Waals surface area contributed by atoms with E-state index in [9.17, 15) is 9.59 Å². The molecule has 0 aliphatic carbocycles. The molecule has 2 aromatic carbocycles. The minimum Gasteiger partial charge on any atom is -0.387 e. The summed E-state index contributed by atoms with van der Waals surface area (Å²) in [5.41, 5.74) is 2.57. The van der Waals surface area contributed by atoms with Crippen LogP contribution in [0.2, 0.25) is 0 Å². The van der Waals surface area contributed by atoms with E-state index in [2.05, 4.69) is 31.3 Å². The highest BCUT2D eigenvalue weighted by atomic mass is 16.2. The van der Waals surface area contributed by atoms with Crippen LogP contribution in [0.4, 0.5) is 5.69 Å². The molecule has 4 nitrogen and oxygen atoms in total. The standard InChI is InChI=1S/C23H30N2O2/c1-18(2)15-16-25(23(27)21-11-7-8-12-22(21)24-3)20(17-26)14-13-19-9-5-4-6-10-19/h4-12,17-18,20,24H,13-16H2,1-3H3. The quantitative estimate of drug-likeness (QED) is 0.633. The number of nitrogens with zero attached hydrogens (tertiary/aromatic N) is 1. The Hall–Kier alpha value is -2.62. The first kappa shape index (κ1) is 20.7. The Bertz CT molecular complexity index is 728. The molecular formula is C23H30N2O2. The second kappa shape index (κ2) is 10.5. The molecule has 0 bridgehead atoms. The number of nitrogens with one attached hydrogen (secondary N) is 1. The molecule has 0 aromatic heterocycles. The van der Waals surface area contributed by atoms with Crippen molar-refractivity contribution in [3.05, 3.63) is 65.7 Å². The summed E-state index contributed by atoms with van der Waals surface area (Å²) in [6.45, 7) is 4.83. The average molecular weight is 367 g/mol. The predicted molar refractivity (Wildman–Crippen MR) is 111 cm³/mol. The molecule has 0 fully saturated rings. The molecule has 1 atom stereocenters. The van der Waals surface area contributed by atoms with E-state index >= 15 is 0 Å². The van der Waals surface area contributed by atoms with Crippen molar-refractivity contribution in [2.45, 2.75) is 39.2 Å². The SMILES string of the molecule is CNc1ccccc1C(=O)N(CCC(C)C)C(C=O)CCc1ccccc1. The number of para-hydroxylation sites is 1. The first-order chi connectivity index (χ1) is 13.1. The van der Waals surface area contributed by atoms with Crippen LogP contribution in [0.5, 0.6) is 0 Å². The fourth-order valence-corrected chi connectivity index (χ4v) is 3.11. The Labute approximate surface area is 162 Å². The van der Waals surface area contributed by atoms with E-state index in [0.29, 0.717) is 24.4 Å². The number of hydrogen-bond acceptors (Lipinski definition) is 3. The second-order valence-corrected chi connectivity index (χ2v) is 7.20. The van der Waals surface area contributed by atoms with Gasteiger partial charge in [-0.05, 0) is 42.9 Å². The van der Waals surface area contributed by atoms with Gasteiger partial charge in [0.05, 0.1) is 11.6 Å². The van der Waals surface area contributed by atoms with E-state index < -0.39 is 6.04 Å². The van der Waals surface area contributed by atoms with Gasteiger partial charge < -0.3 is 15.0 Å². The van der Waals surface area contributed by atoms with Crippen molar-refractivity contribution < 1.29 is 9.59 Å². The smallest absolute Gasteiger partial charge is 0.256 e. The molecule has 144 valence electrons. The van der Waals surface area contributed by atoms with Gasteiger partial charge >= 0.3 is 0 Å². The van der Waals surface area contributed by atoms with Gasteiger partial charge in [-0.1, -0.05) is 56.3 Å². The van der Waals surface area contributed by atoms with E-state index in [1.807, 2.05) is 42.5 Å². The van der Waals surface area contributed by atoms with Gasteiger partial charge in [0.2, 0.25) is 0 Å². The maximum atomic E-state index is 13.3. The molecule has 2 rings (SSSR count). The third-order valence-electron chi connectivity index (χ3n) is 4.76. The number of anilines is 1. The summed E-state index contributed by atoms with van der Waals surface area (Å²) in [5.74, 6) is 0.368. The van der Waals surface area contributed by atoms with Crippen molar-refractivity contribution in [2.24, 2.45) is 5.92 Å². The molecule has 1 amide bonds. The number of hydrogen-bond donors (Lipinski definition) is 1.